The topological polar surface area (TPSA) is 22.0 Å². The highest BCUT2D eigenvalue weighted by molar-refractivity contribution is 9.09. The number of nitrogens with zero attached hydrogens (tertiary/aromatic N) is 1. The Kier molecular flexibility index (Phi) is 3.38. The van der Waals surface area contributed by atoms with Gasteiger partial charge in [-0.2, -0.15) is 0 Å². The van der Waals surface area contributed by atoms with Crippen molar-refractivity contribution in [2.75, 3.05) is 5.33 Å². The van der Waals surface area contributed by atoms with Crippen LogP contribution in [0.2, 0.25) is 0 Å². The van der Waals surface area contributed by atoms with Gasteiger partial charge in [-0.3, -0.25) is 4.79 Å². The van der Waals surface area contributed by atoms with Gasteiger partial charge in [0.15, 0.2) is 0 Å². The third-order valence-corrected chi connectivity index (χ3v) is 4.36. The molecule has 0 aliphatic carbocycles. The van der Waals surface area contributed by atoms with Gasteiger partial charge in [0.2, 0.25) is 0 Å². The third-order valence-electron chi connectivity index (χ3n) is 2.85. The van der Waals surface area contributed by atoms with Crippen molar-refractivity contribution in [3.8, 4) is 0 Å². The number of para-hydroxylation sites is 1. The number of rotatable bonds is 3. The van der Waals surface area contributed by atoms with E-state index in [0.717, 1.165) is 22.8 Å². The van der Waals surface area contributed by atoms with Crippen molar-refractivity contribution in [3.05, 3.63) is 46.8 Å². The first-order valence-electron chi connectivity index (χ1n) is 5.68. The van der Waals surface area contributed by atoms with E-state index in [9.17, 15) is 4.79 Å². The number of fused-ring (bicyclic) bond motifs is 1. The Morgan fingerprint density at radius 2 is 1.88 bits per heavy atom. The second-order valence-electron chi connectivity index (χ2n) is 5.11. The largest absolute Gasteiger partial charge is 0.308 e. The maximum Gasteiger partial charge on any atom is 0.251 e. The van der Waals surface area contributed by atoms with Crippen LogP contribution >= 0.6 is 15.9 Å². The third kappa shape index (κ3) is 2.60. The molecule has 0 spiro atoms. The summed E-state index contributed by atoms with van der Waals surface area (Å²) in [5, 5.41) is 1.98. The van der Waals surface area contributed by atoms with Crippen LogP contribution in [0.4, 0.5) is 0 Å². The Morgan fingerprint density at radius 3 is 2.59 bits per heavy atom. The first kappa shape index (κ1) is 12.4. The van der Waals surface area contributed by atoms with Gasteiger partial charge in [0, 0.05) is 17.9 Å². The van der Waals surface area contributed by atoms with Crippen LogP contribution in [0.25, 0.3) is 10.9 Å². The zero-order valence-corrected chi connectivity index (χ0v) is 11.7. The molecule has 17 heavy (non-hydrogen) atoms. The van der Waals surface area contributed by atoms with Crippen LogP contribution in [0.5, 0.6) is 0 Å². The van der Waals surface area contributed by atoms with E-state index < -0.39 is 0 Å². The summed E-state index contributed by atoms with van der Waals surface area (Å²) in [5.41, 5.74) is 1.14. The lowest BCUT2D eigenvalue weighted by atomic mass is 9.96. The SMILES string of the molecule is CC(C)(CBr)Cn1c(=O)ccc2ccccc21. The summed E-state index contributed by atoms with van der Waals surface area (Å²) in [6, 6.07) is 11.5. The van der Waals surface area contributed by atoms with E-state index in [2.05, 4.69) is 29.8 Å². The van der Waals surface area contributed by atoms with Crippen molar-refractivity contribution < 1.29 is 0 Å². The quantitative estimate of drug-likeness (QED) is 0.795. The molecule has 0 bridgehead atoms. The van der Waals surface area contributed by atoms with E-state index in [1.54, 1.807) is 6.07 Å². The number of hydrogen-bond donors (Lipinski definition) is 0. The Morgan fingerprint density at radius 1 is 1.18 bits per heavy atom. The Balaban J connectivity index is 2.59. The molecule has 90 valence electrons. The predicted molar refractivity (Wildman–Crippen MR) is 75.8 cm³/mol. The van der Waals surface area contributed by atoms with Gasteiger partial charge < -0.3 is 4.57 Å². The Labute approximate surface area is 109 Å². The molecule has 0 saturated carbocycles. The fraction of sp³-hybridized carbons (Fsp3) is 0.357. The maximum absolute atomic E-state index is 12.0. The monoisotopic (exact) mass is 293 g/mol. The van der Waals surface area contributed by atoms with Crippen molar-refractivity contribution in [1.82, 2.24) is 4.57 Å². The number of halogens is 1. The lowest BCUT2D eigenvalue weighted by Gasteiger charge is -2.23. The van der Waals surface area contributed by atoms with Crippen LogP contribution < -0.4 is 5.56 Å². The second-order valence-corrected chi connectivity index (χ2v) is 5.68. The van der Waals surface area contributed by atoms with Gasteiger partial charge >= 0.3 is 0 Å². The molecule has 1 aromatic heterocycles. The number of aromatic nitrogens is 1. The smallest absolute Gasteiger partial charge is 0.251 e. The standard InChI is InChI=1S/C14H16BrNO/c1-14(2,9-15)10-16-12-6-4-3-5-11(12)7-8-13(16)17/h3-8H,9-10H2,1-2H3. The highest BCUT2D eigenvalue weighted by atomic mass is 79.9. The van der Waals surface area contributed by atoms with E-state index >= 15 is 0 Å². The number of pyridine rings is 1. The molecule has 0 unspecified atom stereocenters. The fourth-order valence-electron chi connectivity index (χ4n) is 1.88. The molecule has 0 aliphatic heterocycles. The zero-order chi connectivity index (χ0) is 12.5. The average Bonchev–Trinajstić information content (AvgIpc) is 2.33. The molecule has 2 rings (SSSR count). The maximum atomic E-state index is 12.0. The molecular weight excluding hydrogens is 278 g/mol. The van der Waals surface area contributed by atoms with E-state index in [1.807, 2.05) is 34.9 Å². The van der Waals surface area contributed by atoms with Gasteiger partial charge in [-0.1, -0.05) is 48.0 Å². The second kappa shape index (κ2) is 4.65. The molecule has 1 aromatic carbocycles. The number of hydrogen-bond acceptors (Lipinski definition) is 1. The highest BCUT2D eigenvalue weighted by Gasteiger charge is 2.18. The minimum atomic E-state index is 0.0634. The molecular formula is C14H16BrNO. The van der Waals surface area contributed by atoms with Gasteiger partial charge in [0.05, 0.1) is 5.52 Å². The van der Waals surface area contributed by atoms with Crippen molar-refractivity contribution in [1.29, 1.82) is 0 Å². The molecule has 2 aromatic rings. The van der Waals surface area contributed by atoms with Gasteiger partial charge in [-0.05, 0) is 22.9 Å². The van der Waals surface area contributed by atoms with Crippen LogP contribution in [-0.4, -0.2) is 9.90 Å². The van der Waals surface area contributed by atoms with Crippen molar-refractivity contribution in [2.24, 2.45) is 5.41 Å². The average molecular weight is 294 g/mol. The Bertz CT molecular complexity index is 586. The molecule has 0 amide bonds. The molecule has 0 radical (unpaired) electrons. The summed E-state index contributed by atoms with van der Waals surface area (Å²) < 4.78 is 1.86. The van der Waals surface area contributed by atoms with Crippen LogP contribution in [-0.2, 0) is 6.54 Å². The van der Waals surface area contributed by atoms with Gasteiger partial charge in [0.25, 0.3) is 5.56 Å². The summed E-state index contributed by atoms with van der Waals surface area (Å²) in [7, 11) is 0. The van der Waals surface area contributed by atoms with E-state index in [0.29, 0.717) is 0 Å². The summed E-state index contributed by atoms with van der Waals surface area (Å²) in [5.74, 6) is 0. The van der Waals surface area contributed by atoms with Crippen LogP contribution in [0.1, 0.15) is 13.8 Å². The first-order chi connectivity index (χ1) is 8.03. The minimum Gasteiger partial charge on any atom is -0.308 e. The van der Waals surface area contributed by atoms with E-state index in [-0.39, 0.29) is 11.0 Å². The summed E-state index contributed by atoms with van der Waals surface area (Å²) in [6.45, 7) is 5.02. The lowest BCUT2D eigenvalue weighted by molar-refractivity contribution is 0.355. The van der Waals surface area contributed by atoms with Gasteiger partial charge in [-0.15, -0.1) is 0 Å². The highest BCUT2D eigenvalue weighted by Crippen LogP contribution is 2.22. The van der Waals surface area contributed by atoms with Crippen LogP contribution in [0.3, 0.4) is 0 Å². The molecule has 0 fully saturated rings. The molecule has 0 aliphatic rings. The minimum absolute atomic E-state index is 0.0634. The molecule has 0 N–H and O–H groups in total. The van der Waals surface area contributed by atoms with Crippen LogP contribution in [0, 0.1) is 5.41 Å². The van der Waals surface area contributed by atoms with E-state index in [1.165, 1.54) is 0 Å². The van der Waals surface area contributed by atoms with Gasteiger partial charge in [-0.25, -0.2) is 0 Å². The first-order valence-corrected chi connectivity index (χ1v) is 6.80. The Hall–Kier alpha value is -1.09. The predicted octanol–water partition coefficient (Wildman–Crippen LogP) is 3.42. The van der Waals surface area contributed by atoms with Crippen molar-refractivity contribution in [3.63, 3.8) is 0 Å². The molecule has 2 nitrogen and oxygen atoms in total. The van der Waals surface area contributed by atoms with Gasteiger partial charge in [0.1, 0.15) is 0 Å². The van der Waals surface area contributed by atoms with Crippen molar-refractivity contribution in [2.45, 2.75) is 20.4 Å². The van der Waals surface area contributed by atoms with Crippen molar-refractivity contribution >= 4 is 26.8 Å². The van der Waals surface area contributed by atoms with Crippen LogP contribution in [0.15, 0.2) is 41.2 Å². The number of benzene rings is 1. The fourth-order valence-corrected chi connectivity index (χ4v) is 2.05. The summed E-state index contributed by atoms with van der Waals surface area (Å²) in [6.07, 6.45) is 0. The molecule has 0 saturated heterocycles. The normalized spacial score (nSPS) is 11.9. The molecule has 3 heteroatoms. The van der Waals surface area contributed by atoms with E-state index in [4.69, 9.17) is 0 Å². The number of alkyl halides is 1. The molecule has 0 atom stereocenters. The molecule has 1 heterocycles. The summed E-state index contributed by atoms with van der Waals surface area (Å²) >= 11 is 3.50. The zero-order valence-electron chi connectivity index (χ0n) is 10.1. The summed E-state index contributed by atoms with van der Waals surface area (Å²) in [4.78, 5) is 12.0. The lowest BCUT2D eigenvalue weighted by Crippen LogP contribution is -2.29.